The molecule has 0 aliphatic heterocycles. The van der Waals surface area contributed by atoms with E-state index >= 15 is 0 Å². The fourth-order valence-electron chi connectivity index (χ4n) is 2.34. The maximum absolute atomic E-state index is 12.0. The van der Waals surface area contributed by atoms with Crippen molar-refractivity contribution in [3.63, 3.8) is 0 Å². The normalized spacial score (nSPS) is 10.2. The van der Waals surface area contributed by atoms with Gasteiger partial charge in [0, 0.05) is 6.20 Å². The summed E-state index contributed by atoms with van der Waals surface area (Å²) in [5.74, 6) is 0.286. The van der Waals surface area contributed by atoms with E-state index in [1.165, 1.54) is 7.11 Å². The maximum atomic E-state index is 12.0. The maximum Gasteiger partial charge on any atom is 0.356 e. The van der Waals surface area contributed by atoms with E-state index in [-0.39, 0.29) is 5.69 Å². The summed E-state index contributed by atoms with van der Waals surface area (Å²) in [7, 11) is 2.96. The van der Waals surface area contributed by atoms with Crippen LogP contribution in [0.15, 0.2) is 60.8 Å². The molecule has 3 aromatic rings. The Morgan fingerprint density at radius 2 is 1.71 bits per heavy atom. The second kappa shape index (κ2) is 6.91. The Morgan fingerprint density at radius 1 is 0.917 bits per heavy atom. The van der Waals surface area contributed by atoms with Gasteiger partial charge in [-0.2, -0.15) is 0 Å². The van der Waals surface area contributed by atoms with Gasteiger partial charge in [-0.15, -0.1) is 0 Å². The number of methoxy groups -OCH3 is 2. The number of aromatic nitrogens is 2. The fraction of sp³-hybridized carbons (Fsp3) is 0.105. The molecule has 0 radical (unpaired) electrons. The number of carbonyl (C=O) groups excluding carboxylic acids is 1. The lowest BCUT2D eigenvalue weighted by Crippen LogP contribution is -2.05. The van der Waals surface area contributed by atoms with Crippen molar-refractivity contribution in [3.8, 4) is 28.3 Å². The molecule has 3 rings (SSSR count). The first-order valence-electron chi connectivity index (χ1n) is 7.37. The van der Waals surface area contributed by atoms with Gasteiger partial charge < -0.3 is 9.47 Å². The van der Waals surface area contributed by atoms with Crippen LogP contribution in [-0.4, -0.2) is 30.2 Å². The van der Waals surface area contributed by atoms with Crippen molar-refractivity contribution < 1.29 is 14.3 Å². The SMILES string of the molecule is COC(=O)c1cc(-c2ccc(OC)cc2)cc(-c2ccccn2)n1. The molecule has 0 fully saturated rings. The summed E-state index contributed by atoms with van der Waals surface area (Å²) in [6.07, 6.45) is 1.69. The van der Waals surface area contributed by atoms with E-state index in [0.717, 1.165) is 16.9 Å². The monoisotopic (exact) mass is 320 g/mol. The third-order valence-electron chi connectivity index (χ3n) is 3.57. The molecular formula is C19H16N2O3. The summed E-state index contributed by atoms with van der Waals surface area (Å²) in [5, 5.41) is 0. The number of carbonyl (C=O) groups is 1. The second-order valence-electron chi connectivity index (χ2n) is 5.06. The van der Waals surface area contributed by atoms with Gasteiger partial charge >= 0.3 is 5.97 Å². The smallest absolute Gasteiger partial charge is 0.356 e. The summed E-state index contributed by atoms with van der Waals surface area (Å²) in [6.45, 7) is 0. The van der Waals surface area contributed by atoms with Crippen LogP contribution in [0, 0.1) is 0 Å². The van der Waals surface area contributed by atoms with Crippen LogP contribution in [0.1, 0.15) is 10.5 Å². The Labute approximate surface area is 139 Å². The minimum absolute atomic E-state index is 0.242. The van der Waals surface area contributed by atoms with Crippen LogP contribution in [0.25, 0.3) is 22.5 Å². The molecule has 5 heteroatoms. The van der Waals surface area contributed by atoms with Gasteiger partial charge in [-0.25, -0.2) is 9.78 Å². The number of pyridine rings is 2. The highest BCUT2D eigenvalue weighted by molar-refractivity contribution is 5.90. The van der Waals surface area contributed by atoms with Gasteiger partial charge in [0.2, 0.25) is 0 Å². The molecule has 24 heavy (non-hydrogen) atoms. The van der Waals surface area contributed by atoms with Crippen LogP contribution in [0.5, 0.6) is 5.75 Å². The number of rotatable bonds is 4. The van der Waals surface area contributed by atoms with Crippen molar-refractivity contribution in [1.29, 1.82) is 0 Å². The Balaban J connectivity index is 2.12. The highest BCUT2D eigenvalue weighted by Crippen LogP contribution is 2.27. The van der Waals surface area contributed by atoms with E-state index in [0.29, 0.717) is 11.4 Å². The van der Waals surface area contributed by atoms with Gasteiger partial charge in [0.05, 0.1) is 25.6 Å². The topological polar surface area (TPSA) is 61.3 Å². The molecule has 120 valence electrons. The molecule has 0 bridgehead atoms. The molecule has 0 unspecified atom stereocenters. The average molecular weight is 320 g/mol. The summed E-state index contributed by atoms with van der Waals surface area (Å²) in [5.41, 5.74) is 3.35. The lowest BCUT2D eigenvalue weighted by molar-refractivity contribution is 0.0594. The Morgan fingerprint density at radius 3 is 2.33 bits per heavy atom. The molecule has 0 N–H and O–H groups in total. The lowest BCUT2D eigenvalue weighted by atomic mass is 10.0. The Bertz CT molecular complexity index is 846. The first-order valence-corrected chi connectivity index (χ1v) is 7.37. The molecule has 2 aromatic heterocycles. The molecule has 1 aromatic carbocycles. The first kappa shape index (κ1) is 15.7. The summed E-state index contributed by atoms with van der Waals surface area (Å²) in [4.78, 5) is 20.6. The first-order chi connectivity index (χ1) is 11.7. The van der Waals surface area contributed by atoms with E-state index < -0.39 is 5.97 Å². The van der Waals surface area contributed by atoms with Gasteiger partial charge in [0.1, 0.15) is 11.4 Å². The molecule has 0 amide bonds. The van der Waals surface area contributed by atoms with Crippen molar-refractivity contribution >= 4 is 5.97 Å². The molecule has 5 nitrogen and oxygen atoms in total. The van der Waals surface area contributed by atoms with E-state index in [4.69, 9.17) is 9.47 Å². The van der Waals surface area contributed by atoms with Crippen LogP contribution in [0.3, 0.4) is 0 Å². The zero-order valence-corrected chi connectivity index (χ0v) is 13.4. The van der Waals surface area contributed by atoms with Crippen LogP contribution in [0.2, 0.25) is 0 Å². The molecular weight excluding hydrogens is 304 g/mol. The van der Waals surface area contributed by atoms with Crippen molar-refractivity contribution in [3.05, 3.63) is 66.5 Å². The minimum atomic E-state index is -0.484. The lowest BCUT2D eigenvalue weighted by Gasteiger charge is -2.09. The Kier molecular flexibility index (Phi) is 4.52. The van der Waals surface area contributed by atoms with Crippen molar-refractivity contribution in [2.75, 3.05) is 14.2 Å². The molecule has 0 saturated carbocycles. The van der Waals surface area contributed by atoms with Gasteiger partial charge in [0.15, 0.2) is 0 Å². The van der Waals surface area contributed by atoms with Crippen molar-refractivity contribution in [2.24, 2.45) is 0 Å². The summed E-state index contributed by atoms with van der Waals surface area (Å²) >= 11 is 0. The minimum Gasteiger partial charge on any atom is -0.497 e. The fourth-order valence-corrected chi connectivity index (χ4v) is 2.34. The van der Waals surface area contributed by atoms with Crippen LogP contribution in [0.4, 0.5) is 0 Å². The van der Waals surface area contributed by atoms with Crippen molar-refractivity contribution in [1.82, 2.24) is 9.97 Å². The second-order valence-corrected chi connectivity index (χ2v) is 5.06. The highest BCUT2D eigenvalue weighted by atomic mass is 16.5. The van der Waals surface area contributed by atoms with Gasteiger partial charge in [-0.1, -0.05) is 18.2 Å². The molecule has 0 saturated heterocycles. The Hall–Kier alpha value is -3.21. The third-order valence-corrected chi connectivity index (χ3v) is 3.57. The number of ether oxygens (including phenoxy) is 2. The largest absolute Gasteiger partial charge is 0.497 e. The number of benzene rings is 1. The van der Waals surface area contributed by atoms with Crippen LogP contribution >= 0.6 is 0 Å². The quantitative estimate of drug-likeness (QED) is 0.687. The third kappa shape index (κ3) is 3.25. The summed E-state index contributed by atoms with van der Waals surface area (Å²) in [6, 6.07) is 16.8. The molecule has 0 aliphatic rings. The van der Waals surface area contributed by atoms with Gasteiger partial charge in [0.25, 0.3) is 0 Å². The molecule has 0 spiro atoms. The number of hydrogen-bond acceptors (Lipinski definition) is 5. The standard InChI is InChI=1S/C19H16N2O3/c1-23-15-8-6-13(7-9-15)14-11-17(16-5-3-4-10-20-16)21-18(12-14)19(22)24-2/h3-12H,1-2H3. The average Bonchev–Trinajstić information content (AvgIpc) is 2.67. The molecule has 0 atom stereocenters. The van der Waals surface area contributed by atoms with Crippen LogP contribution in [-0.2, 0) is 4.74 Å². The summed E-state index contributed by atoms with van der Waals surface area (Å²) < 4.78 is 9.99. The van der Waals surface area contributed by atoms with E-state index in [2.05, 4.69) is 9.97 Å². The van der Waals surface area contributed by atoms with Gasteiger partial charge in [-0.05, 0) is 47.5 Å². The van der Waals surface area contributed by atoms with E-state index in [1.807, 2.05) is 48.5 Å². The van der Waals surface area contributed by atoms with Crippen LogP contribution < -0.4 is 4.74 Å². The van der Waals surface area contributed by atoms with Crippen molar-refractivity contribution in [2.45, 2.75) is 0 Å². The number of hydrogen-bond donors (Lipinski definition) is 0. The zero-order valence-electron chi connectivity index (χ0n) is 13.4. The van der Waals surface area contributed by atoms with Gasteiger partial charge in [-0.3, -0.25) is 4.98 Å². The predicted molar refractivity (Wildman–Crippen MR) is 90.8 cm³/mol. The number of esters is 1. The molecule has 2 heterocycles. The number of nitrogens with zero attached hydrogens (tertiary/aromatic N) is 2. The van der Waals surface area contributed by atoms with E-state index in [9.17, 15) is 4.79 Å². The van der Waals surface area contributed by atoms with E-state index in [1.54, 1.807) is 19.4 Å². The zero-order chi connectivity index (χ0) is 16.9. The highest BCUT2D eigenvalue weighted by Gasteiger charge is 2.13. The predicted octanol–water partition coefficient (Wildman–Crippen LogP) is 3.61. The molecule has 0 aliphatic carbocycles.